The van der Waals surface area contributed by atoms with E-state index in [1.54, 1.807) is 6.21 Å². The molecule has 0 amide bonds. The van der Waals surface area contributed by atoms with Gasteiger partial charge in [-0.1, -0.05) is 0 Å². The predicted molar refractivity (Wildman–Crippen MR) is 42.3 cm³/mol. The lowest BCUT2D eigenvalue weighted by Gasteiger charge is -2.01. The van der Waals surface area contributed by atoms with E-state index in [4.69, 9.17) is 0 Å². The summed E-state index contributed by atoms with van der Waals surface area (Å²) in [5, 5.41) is 0. The van der Waals surface area contributed by atoms with Gasteiger partial charge < -0.3 is 0 Å². The van der Waals surface area contributed by atoms with Gasteiger partial charge in [-0.15, -0.1) is 0 Å². The van der Waals surface area contributed by atoms with Crippen LogP contribution in [0.2, 0.25) is 0 Å². The number of hydrogen-bond acceptors (Lipinski definition) is 1. The third-order valence-corrected chi connectivity index (χ3v) is 1.88. The van der Waals surface area contributed by atoms with E-state index in [0.29, 0.717) is 12.5 Å². The molecule has 0 N–H and O–H groups in total. The lowest BCUT2D eigenvalue weighted by molar-refractivity contribution is 0.490. The number of nitrogens with zero attached hydrogens (tertiary/aromatic N) is 1. The van der Waals surface area contributed by atoms with Crippen molar-refractivity contribution < 1.29 is 13.2 Å². The fraction of sp³-hybridized carbons (Fsp3) is 0.222. The second-order valence-corrected chi connectivity index (χ2v) is 2.93. The summed E-state index contributed by atoms with van der Waals surface area (Å²) < 4.78 is 38.1. The largest absolute Gasteiger partial charge is 0.286 e. The Bertz CT molecular complexity index is 367. The molecule has 0 spiro atoms. The van der Waals surface area contributed by atoms with E-state index in [1.165, 1.54) is 0 Å². The molecular formula is C9H6F3N. The Hall–Kier alpha value is -1.32. The zero-order valence-corrected chi connectivity index (χ0v) is 6.60. The lowest BCUT2D eigenvalue weighted by atomic mass is 10.1. The highest BCUT2D eigenvalue weighted by Crippen LogP contribution is 2.18. The Morgan fingerprint density at radius 2 is 1.69 bits per heavy atom. The topological polar surface area (TPSA) is 12.4 Å². The maximum Gasteiger partial charge on any atom is 0.161 e. The summed E-state index contributed by atoms with van der Waals surface area (Å²) in [5.41, 5.74) is 0.168. The fourth-order valence-corrected chi connectivity index (χ4v) is 1.11. The molecule has 0 aromatic heterocycles. The molecule has 0 saturated carbocycles. The van der Waals surface area contributed by atoms with Crippen LogP contribution in [0.3, 0.4) is 0 Å². The van der Waals surface area contributed by atoms with Crippen molar-refractivity contribution in [2.75, 3.05) is 0 Å². The second kappa shape index (κ2) is 2.87. The van der Waals surface area contributed by atoms with Crippen molar-refractivity contribution in [3.05, 3.63) is 35.1 Å². The summed E-state index contributed by atoms with van der Waals surface area (Å²) in [4.78, 5) is 3.78. The zero-order valence-electron chi connectivity index (χ0n) is 6.60. The smallest absolute Gasteiger partial charge is 0.161 e. The number of rotatable bonds is 2. The molecule has 1 aromatic rings. The first-order valence-corrected chi connectivity index (χ1v) is 3.83. The highest BCUT2D eigenvalue weighted by Gasteiger charge is 2.17. The van der Waals surface area contributed by atoms with E-state index in [0.717, 1.165) is 6.07 Å². The second-order valence-electron chi connectivity index (χ2n) is 2.93. The van der Waals surface area contributed by atoms with Gasteiger partial charge in [0.1, 0.15) is 5.82 Å². The molecule has 68 valence electrons. The van der Waals surface area contributed by atoms with Gasteiger partial charge in [0, 0.05) is 18.7 Å². The first-order chi connectivity index (χ1) is 6.16. The van der Waals surface area contributed by atoms with E-state index in [9.17, 15) is 13.2 Å². The van der Waals surface area contributed by atoms with Crippen LogP contribution in [0.5, 0.6) is 0 Å². The molecule has 4 heteroatoms. The van der Waals surface area contributed by atoms with Crippen molar-refractivity contribution >= 4 is 6.21 Å². The van der Waals surface area contributed by atoms with Crippen LogP contribution in [0, 0.1) is 17.5 Å². The van der Waals surface area contributed by atoms with E-state index in [-0.39, 0.29) is 11.6 Å². The summed E-state index contributed by atoms with van der Waals surface area (Å²) in [6, 6.07) is 1.42. The lowest BCUT2D eigenvalue weighted by Crippen LogP contribution is -2.00. The van der Waals surface area contributed by atoms with E-state index in [2.05, 4.69) is 4.99 Å². The Morgan fingerprint density at radius 3 is 2.31 bits per heavy atom. The molecule has 1 aliphatic rings. The van der Waals surface area contributed by atoms with Gasteiger partial charge in [0.2, 0.25) is 0 Å². The molecular weight excluding hydrogens is 179 g/mol. The van der Waals surface area contributed by atoms with Gasteiger partial charge in [-0.25, -0.2) is 13.2 Å². The summed E-state index contributed by atoms with van der Waals surface area (Å²) in [6.07, 6.45) is 1.95. The molecule has 1 heterocycles. The van der Waals surface area contributed by atoms with Gasteiger partial charge in [0.05, 0.1) is 6.04 Å². The molecule has 0 fully saturated rings. The SMILES string of the molecule is Fc1cc(F)c(CC2C=N2)cc1F. The zero-order chi connectivity index (χ0) is 9.42. The quantitative estimate of drug-likeness (QED) is 0.625. The van der Waals surface area contributed by atoms with Crippen LogP contribution in [0.4, 0.5) is 13.2 Å². The van der Waals surface area contributed by atoms with E-state index >= 15 is 0 Å². The molecule has 1 aromatic carbocycles. The van der Waals surface area contributed by atoms with E-state index < -0.39 is 17.5 Å². The van der Waals surface area contributed by atoms with Crippen molar-refractivity contribution in [2.24, 2.45) is 4.99 Å². The van der Waals surface area contributed by atoms with Crippen LogP contribution in [-0.2, 0) is 6.42 Å². The van der Waals surface area contributed by atoms with Crippen LogP contribution >= 0.6 is 0 Å². The van der Waals surface area contributed by atoms with Gasteiger partial charge in [-0.3, -0.25) is 4.99 Å². The highest BCUT2D eigenvalue weighted by atomic mass is 19.2. The fourth-order valence-electron chi connectivity index (χ4n) is 1.11. The first kappa shape index (κ1) is 8.29. The Balaban J connectivity index is 2.27. The molecule has 13 heavy (non-hydrogen) atoms. The maximum atomic E-state index is 13.0. The Labute approximate surface area is 72.9 Å². The van der Waals surface area contributed by atoms with Crippen molar-refractivity contribution in [1.29, 1.82) is 0 Å². The number of aliphatic imine (C=N–C) groups is 1. The molecule has 1 unspecified atom stereocenters. The molecule has 0 saturated heterocycles. The molecule has 1 aliphatic heterocycles. The molecule has 0 aliphatic carbocycles. The van der Waals surface area contributed by atoms with Crippen LogP contribution in [0.25, 0.3) is 0 Å². The average Bonchev–Trinajstić information content (AvgIpc) is 2.84. The summed E-state index contributed by atoms with van der Waals surface area (Å²) in [7, 11) is 0. The predicted octanol–water partition coefficient (Wildman–Crippen LogP) is 2.10. The monoisotopic (exact) mass is 185 g/mol. The molecule has 0 bridgehead atoms. The van der Waals surface area contributed by atoms with Crippen LogP contribution in [-0.4, -0.2) is 12.3 Å². The van der Waals surface area contributed by atoms with Gasteiger partial charge in [-0.2, -0.15) is 0 Å². The Kier molecular flexibility index (Phi) is 1.83. The minimum Gasteiger partial charge on any atom is -0.286 e. The van der Waals surface area contributed by atoms with Crippen molar-refractivity contribution in [3.63, 3.8) is 0 Å². The first-order valence-electron chi connectivity index (χ1n) is 3.83. The molecule has 1 nitrogen and oxygen atoms in total. The minimum atomic E-state index is -1.15. The minimum absolute atomic E-state index is 0.0284. The molecule has 2 rings (SSSR count). The summed E-state index contributed by atoms with van der Waals surface area (Å²) in [6.45, 7) is 0. The van der Waals surface area contributed by atoms with Crippen LogP contribution in [0.1, 0.15) is 5.56 Å². The van der Waals surface area contributed by atoms with Gasteiger partial charge in [0.15, 0.2) is 11.6 Å². The van der Waals surface area contributed by atoms with Crippen molar-refractivity contribution in [3.8, 4) is 0 Å². The summed E-state index contributed by atoms with van der Waals surface area (Å²) in [5.74, 6) is -2.88. The third-order valence-electron chi connectivity index (χ3n) is 1.88. The van der Waals surface area contributed by atoms with Gasteiger partial charge in [-0.05, 0) is 11.6 Å². The molecule has 1 atom stereocenters. The molecule has 0 radical (unpaired) electrons. The number of hydrogen-bond donors (Lipinski definition) is 0. The maximum absolute atomic E-state index is 13.0. The normalized spacial score (nSPS) is 19.2. The third kappa shape index (κ3) is 1.71. The van der Waals surface area contributed by atoms with E-state index in [1.807, 2.05) is 0 Å². The Morgan fingerprint density at radius 1 is 1.08 bits per heavy atom. The summed E-state index contributed by atoms with van der Waals surface area (Å²) >= 11 is 0. The van der Waals surface area contributed by atoms with Crippen molar-refractivity contribution in [1.82, 2.24) is 0 Å². The highest BCUT2D eigenvalue weighted by molar-refractivity contribution is 5.78. The number of benzene rings is 1. The number of halogens is 3. The van der Waals surface area contributed by atoms with Gasteiger partial charge >= 0.3 is 0 Å². The van der Waals surface area contributed by atoms with Gasteiger partial charge in [0.25, 0.3) is 0 Å². The average molecular weight is 185 g/mol. The van der Waals surface area contributed by atoms with Crippen LogP contribution in [0.15, 0.2) is 17.1 Å². The van der Waals surface area contributed by atoms with Crippen molar-refractivity contribution in [2.45, 2.75) is 12.5 Å². The standard InChI is InChI=1S/C9H6F3N/c10-7-3-9(12)8(11)2-5(7)1-6-4-13-6/h2-4,6H,1H2. The van der Waals surface area contributed by atoms with Crippen LogP contribution < -0.4 is 0 Å².